The third kappa shape index (κ3) is 3.04. The molecule has 0 bridgehead atoms. The Kier molecular flexibility index (Phi) is 4.78. The van der Waals surface area contributed by atoms with E-state index in [9.17, 15) is 4.39 Å². The third-order valence-corrected chi connectivity index (χ3v) is 4.50. The first-order valence-electron chi connectivity index (χ1n) is 5.47. The summed E-state index contributed by atoms with van der Waals surface area (Å²) in [7, 11) is 0. The lowest BCUT2D eigenvalue weighted by molar-refractivity contribution is 0.303. The van der Waals surface area contributed by atoms with E-state index in [1.807, 2.05) is 12.1 Å². The number of benzene rings is 1. The van der Waals surface area contributed by atoms with Crippen LogP contribution in [-0.2, 0) is 6.42 Å². The van der Waals surface area contributed by atoms with Gasteiger partial charge >= 0.3 is 0 Å². The van der Waals surface area contributed by atoms with Crippen molar-refractivity contribution in [3.63, 3.8) is 0 Å². The molecule has 0 radical (unpaired) electrons. The van der Waals surface area contributed by atoms with Crippen molar-refractivity contribution in [2.45, 2.75) is 33.1 Å². The second-order valence-electron chi connectivity index (χ2n) is 4.11. The molecule has 0 amide bonds. The zero-order chi connectivity index (χ0) is 11.3. The van der Waals surface area contributed by atoms with Crippen molar-refractivity contribution < 1.29 is 4.39 Å². The zero-order valence-electron chi connectivity index (χ0n) is 9.39. The van der Waals surface area contributed by atoms with Crippen LogP contribution in [0.2, 0.25) is 0 Å². The molecule has 0 aliphatic heterocycles. The molecule has 0 fully saturated rings. The molecule has 0 heterocycles. The Morgan fingerprint density at radius 2 is 1.80 bits per heavy atom. The summed E-state index contributed by atoms with van der Waals surface area (Å²) in [6.45, 7) is 4.34. The van der Waals surface area contributed by atoms with Gasteiger partial charge in [0.2, 0.25) is 0 Å². The van der Waals surface area contributed by atoms with Crippen LogP contribution < -0.4 is 0 Å². The Hall–Kier alpha value is -0.370. The first-order chi connectivity index (χ1) is 7.17. The van der Waals surface area contributed by atoms with Crippen molar-refractivity contribution in [3.8, 4) is 0 Å². The summed E-state index contributed by atoms with van der Waals surface area (Å²) in [5.41, 5.74) is 1.03. The Morgan fingerprint density at radius 1 is 1.20 bits per heavy atom. The molecule has 0 nitrogen and oxygen atoms in total. The molecule has 84 valence electrons. The van der Waals surface area contributed by atoms with Gasteiger partial charge in [0.1, 0.15) is 5.82 Å². The molecular formula is C13H18BrF. The first-order valence-corrected chi connectivity index (χ1v) is 6.59. The summed E-state index contributed by atoms with van der Waals surface area (Å²) >= 11 is 3.55. The molecule has 0 aliphatic rings. The molecule has 0 aliphatic carbocycles. The standard InChI is InChI=1S/C13H18BrF/c1-3-13(4-2,10-14)9-11-7-5-6-8-12(11)15/h5-8H,3-4,9-10H2,1-2H3. The summed E-state index contributed by atoms with van der Waals surface area (Å²) in [5.74, 6) is -0.0790. The van der Waals surface area contributed by atoms with Crippen molar-refractivity contribution in [3.05, 3.63) is 35.6 Å². The molecule has 1 aromatic carbocycles. The quantitative estimate of drug-likeness (QED) is 0.689. The number of rotatable bonds is 5. The van der Waals surface area contributed by atoms with Gasteiger partial charge in [0, 0.05) is 5.33 Å². The molecule has 0 N–H and O–H groups in total. The Morgan fingerprint density at radius 3 is 2.27 bits per heavy atom. The van der Waals surface area contributed by atoms with E-state index in [1.165, 1.54) is 0 Å². The number of hydrogen-bond donors (Lipinski definition) is 0. The highest BCUT2D eigenvalue weighted by molar-refractivity contribution is 9.09. The lowest BCUT2D eigenvalue weighted by Crippen LogP contribution is -2.24. The van der Waals surface area contributed by atoms with Crippen LogP contribution in [0.5, 0.6) is 0 Å². The lowest BCUT2D eigenvalue weighted by Gasteiger charge is -2.29. The van der Waals surface area contributed by atoms with E-state index in [0.717, 1.165) is 30.2 Å². The van der Waals surface area contributed by atoms with E-state index < -0.39 is 0 Å². The topological polar surface area (TPSA) is 0 Å². The SMILES string of the molecule is CCC(CC)(CBr)Cc1ccccc1F. The summed E-state index contributed by atoms with van der Waals surface area (Å²) < 4.78 is 13.5. The molecule has 0 aromatic heterocycles. The average molecular weight is 273 g/mol. The number of halogens is 2. The maximum Gasteiger partial charge on any atom is 0.126 e. The summed E-state index contributed by atoms with van der Waals surface area (Å²) in [6.07, 6.45) is 2.96. The van der Waals surface area contributed by atoms with Crippen LogP contribution in [0.3, 0.4) is 0 Å². The Labute approximate surface area is 100 Å². The largest absolute Gasteiger partial charge is 0.207 e. The minimum Gasteiger partial charge on any atom is -0.207 e. The smallest absolute Gasteiger partial charge is 0.126 e. The van der Waals surface area contributed by atoms with Gasteiger partial charge in [0.15, 0.2) is 0 Å². The van der Waals surface area contributed by atoms with E-state index in [4.69, 9.17) is 0 Å². The molecule has 1 aromatic rings. The average Bonchev–Trinajstić information content (AvgIpc) is 2.29. The van der Waals surface area contributed by atoms with Gasteiger partial charge in [0.05, 0.1) is 0 Å². The van der Waals surface area contributed by atoms with Crippen molar-refractivity contribution in [2.24, 2.45) is 5.41 Å². The highest BCUT2D eigenvalue weighted by Gasteiger charge is 2.26. The van der Waals surface area contributed by atoms with E-state index >= 15 is 0 Å². The van der Waals surface area contributed by atoms with Crippen LogP contribution in [0.15, 0.2) is 24.3 Å². The Balaban J connectivity index is 2.88. The van der Waals surface area contributed by atoms with Crippen LogP contribution in [0.1, 0.15) is 32.3 Å². The van der Waals surface area contributed by atoms with Crippen LogP contribution in [0.4, 0.5) is 4.39 Å². The minimum atomic E-state index is -0.0790. The predicted octanol–water partition coefficient (Wildman–Crippen LogP) is 4.57. The van der Waals surface area contributed by atoms with Gasteiger partial charge in [-0.1, -0.05) is 48.0 Å². The molecule has 0 saturated carbocycles. The second-order valence-corrected chi connectivity index (χ2v) is 4.67. The molecule has 15 heavy (non-hydrogen) atoms. The minimum absolute atomic E-state index is 0.0790. The van der Waals surface area contributed by atoms with Crippen LogP contribution in [0.25, 0.3) is 0 Å². The number of hydrogen-bond acceptors (Lipinski definition) is 0. The lowest BCUT2D eigenvalue weighted by atomic mass is 9.79. The maximum atomic E-state index is 13.5. The van der Waals surface area contributed by atoms with Crippen LogP contribution in [0, 0.1) is 11.2 Å². The third-order valence-electron chi connectivity index (χ3n) is 3.31. The van der Waals surface area contributed by atoms with Crippen LogP contribution >= 0.6 is 15.9 Å². The summed E-state index contributed by atoms with van der Waals surface area (Å²) in [4.78, 5) is 0. The van der Waals surface area contributed by atoms with Crippen molar-refractivity contribution in [1.82, 2.24) is 0 Å². The van der Waals surface area contributed by atoms with E-state index in [-0.39, 0.29) is 11.2 Å². The fraction of sp³-hybridized carbons (Fsp3) is 0.538. The highest BCUT2D eigenvalue weighted by Crippen LogP contribution is 2.33. The normalized spacial score (nSPS) is 11.7. The highest BCUT2D eigenvalue weighted by atomic mass is 79.9. The number of alkyl halides is 1. The van der Waals surface area contributed by atoms with Gasteiger partial charge in [-0.2, -0.15) is 0 Å². The van der Waals surface area contributed by atoms with Crippen molar-refractivity contribution in [1.29, 1.82) is 0 Å². The zero-order valence-corrected chi connectivity index (χ0v) is 11.0. The van der Waals surface area contributed by atoms with E-state index in [1.54, 1.807) is 12.1 Å². The maximum absolute atomic E-state index is 13.5. The van der Waals surface area contributed by atoms with Crippen molar-refractivity contribution in [2.75, 3.05) is 5.33 Å². The molecule has 0 unspecified atom stereocenters. The molecule has 1 rings (SSSR count). The van der Waals surface area contributed by atoms with Crippen molar-refractivity contribution >= 4 is 15.9 Å². The van der Waals surface area contributed by atoms with Gasteiger partial charge < -0.3 is 0 Å². The molecular weight excluding hydrogens is 255 g/mol. The van der Waals surface area contributed by atoms with Gasteiger partial charge in [-0.3, -0.25) is 0 Å². The predicted molar refractivity (Wildman–Crippen MR) is 66.9 cm³/mol. The van der Waals surface area contributed by atoms with E-state index in [2.05, 4.69) is 29.8 Å². The Bertz CT molecular complexity index is 297. The fourth-order valence-corrected chi connectivity index (χ4v) is 2.77. The monoisotopic (exact) mass is 272 g/mol. The summed E-state index contributed by atoms with van der Waals surface area (Å²) in [6, 6.07) is 7.08. The summed E-state index contributed by atoms with van der Waals surface area (Å²) in [5, 5.41) is 0.932. The second kappa shape index (κ2) is 5.64. The van der Waals surface area contributed by atoms with Gasteiger partial charge in [-0.25, -0.2) is 4.39 Å². The van der Waals surface area contributed by atoms with Gasteiger partial charge in [-0.05, 0) is 36.3 Å². The molecule has 2 heteroatoms. The molecule has 0 spiro atoms. The molecule has 0 saturated heterocycles. The fourth-order valence-electron chi connectivity index (χ4n) is 1.78. The van der Waals surface area contributed by atoms with Gasteiger partial charge in [0.25, 0.3) is 0 Å². The first kappa shape index (κ1) is 12.7. The molecule has 0 atom stereocenters. The van der Waals surface area contributed by atoms with E-state index in [0.29, 0.717) is 0 Å². The van der Waals surface area contributed by atoms with Gasteiger partial charge in [-0.15, -0.1) is 0 Å². The van der Waals surface area contributed by atoms with Crippen LogP contribution in [-0.4, -0.2) is 5.33 Å².